The fourth-order valence-corrected chi connectivity index (χ4v) is 3.10. The van der Waals surface area contributed by atoms with Gasteiger partial charge in [-0.1, -0.05) is 30.3 Å². The van der Waals surface area contributed by atoms with Crippen molar-refractivity contribution in [2.45, 2.75) is 13.0 Å². The Hall–Kier alpha value is -1.000. The van der Waals surface area contributed by atoms with Crippen molar-refractivity contribution in [2.75, 3.05) is 33.3 Å². The predicted octanol–water partition coefficient (Wildman–Crippen LogP) is 3.66. The van der Waals surface area contributed by atoms with E-state index in [9.17, 15) is 0 Å². The Morgan fingerprint density at radius 3 is 2.27 bits per heavy atom. The van der Waals surface area contributed by atoms with Crippen molar-refractivity contribution in [3.05, 3.63) is 42.0 Å². The maximum atomic E-state index is 5.48. The van der Waals surface area contributed by atoms with E-state index in [0.717, 1.165) is 31.9 Å². The van der Waals surface area contributed by atoms with E-state index in [0.29, 0.717) is 6.04 Å². The number of fused-ring (bicyclic) bond motifs is 1. The van der Waals surface area contributed by atoms with Gasteiger partial charge in [0.2, 0.25) is 0 Å². The Balaban J connectivity index is 0.00000121. The second-order valence-electron chi connectivity index (χ2n) is 5.36. The van der Waals surface area contributed by atoms with Crippen LogP contribution in [0.5, 0.6) is 5.75 Å². The summed E-state index contributed by atoms with van der Waals surface area (Å²) >= 11 is 0. The minimum atomic E-state index is 0. The SMILES string of the molecule is COc1ccc([C@@H](C)N2CCNCC2)c2ccccc12.Cl.Cl. The van der Waals surface area contributed by atoms with Gasteiger partial charge in [-0.15, -0.1) is 24.8 Å². The van der Waals surface area contributed by atoms with Crippen LogP contribution in [0.4, 0.5) is 0 Å². The fourth-order valence-electron chi connectivity index (χ4n) is 3.10. The fraction of sp³-hybridized carbons (Fsp3) is 0.412. The lowest BCUT2D eigenvalue weighted by molar-refractivity contribution is 0.186. The second kappa shape index (κ2) is 8.59. The maximum absolute atomic E-state index is 5.48. The van der Waals surface area contributed by atoms with Gasteiger partial charge in [0.1, 0.15) is 5.75 Å². The third-order valence-corrected chi connectivity index (χ3v) is 4.29. The van der Waals surface area contributed by atoms with Crippen LogP contribution >= 0.6 is 24.8 Å². The highest BCUT2D eigenvalue weighted by Crippen LogP contribution is 2.33. The van der Waals surface area contributed by atoms with Crippen LogP contribution in [0.3, 0.4) is 0 Å². The maximum Gasteiger partial charge on any atom is 0.126 e. The van der Waals surface area contributed by atoms with Gasteiger partial charge in [-0.05, 0) is 23.9 Å². The van der Waals surface area contributed by atoms with E-state index in [4.69, 9.17) is 4.74 Å². The zero-order valence-corrected chi connectivity index (χ0v) is 14.7. The summed E-state index contributed by atoms with van der Waals surface area (Å²) in [6, 6.07) is 13.3. The van der Waals surface area contributed by atoms with E-state index >= 15 is 0 Å². The Labute approximate surface area is 144 Å². The monoisotopic (exact) mass is 342 g/mol. The van der Waals surface area contributed by atoms with Gasteiger partial charge in [-0.3, -0.25) is 4.90 Å². The van der Waals surface area contributed by atoms with Crippen LogP contribution in [0.15, 0.2) is 36.4 Å². The van der Waals surface area contributed by atoms with Crippen LogP contribution in [0, 0.1) is 0 Å². The van der Waals surface area contributed by atoms with Gasteiger partial charge >= 0.3 is 0 Å². The molecule has 1 saturated heterocycles. The highest BCUT2D eigenvalue weighted by atomic mass is 35.5. The first-order chi connectivity index (χ1) is 9.81. The molecule has 1 aliphatic rings. The van der Waals surface area contributed by atoms with Crippen LogP contribution in [-0.4, -0.2) is 38.2 Å². The topological polar surface area (TPSA) is 24.5 Å². The number of halogens is 2. The van der Waals surface area contributed by atoms with Gasteiger partial charge in [0.15, 0.2) is 0 Å². The van der Waals surface area contributed by atoms with Crippen LogP contribution in [-0.2, 0) is 0 Å². The summed E-state index contributed by atoms with van der Waals surface area (Å²) < 4.78 is 5.48. The van der Waals surface area contributed by atoms with Crippen molar-refractivity contribution in [2.24, 2.45) is 0 Å². The molecule has 0 aromatic heterocycles. The summed E-state index contributed by atoms with van der Waals surface area (Å²) in [5.74, 6) is 0.955. The van der Waals surface area contributed by atoms with Gasteiger partial charge in [0, 0.05) is 37.6 Å². The molecular weight excluding hydrogens is 319 g/mol. The first kappa shape index (κ1) is 19.0. The summed E-state index contributed by atoms with van der Waals surface area (Å²) in [4.78, 5) is 2.55. The van der Waals surface area contributed by atoms with Gasteiger partial charge in [0.25, 0.3) is 0 Å². The summed E-state index contributed by atoms with van der Waals surface area (Å²) in [5.41, 5.74) is 1.39. The van der Waals surface area contributed by atoms with Crippen LogP contribution in [0.2, 0.25) is 0 Å². The molecular formula is C17H24Cl2N2O. The zero-order chi connectivity index (χ0) is 13.9. The molecule has 3 rings (SSSR count). The minimum Gasteiger partial charge on any atom is -0.496 e. The van der Waals surface area contributed by atoms with Crippen molar-refractivity contribution in [1.29, 1.82) is 0 Å². The smallest absolute Gasteiger partial charge is 0.126 e. The molecule has 1 heterocycles. The minimum absolute atomic E-state index is 0. The first-order valence-electron chi connectivity index (χ1n) is 7.31. The molecule has 0 aliphatic carbocycles. The number of nitrogens with zero attached hydrogens (tertiary/aromatic N) is 1. The number of hydrogen-bond donors (Lipinski definition) is 1. The van der Waals surface area contributed by atoms with Gasteiger partial charge < -0.3 is 10.1 Å². The Bertz CT molecular complexity index is 600. The van der Waals surface area contributed by atoms with Crippen LogP contribution in [0.25, 0.3) is 10.8 Å². The molecule has 0 bridgehead atoms. The lowest BCUT2D eigenvalue weighted by Crippen LogP contribution is -2.44. The number of rotatable bonds is 3. The van der Waals surface area contributed by atoms with Crippen molar-refractivity contribution >= 4 is 35.6 Å². The van der Waals surface area contributed by atoms with E-state index in [1.165, 1.54) is 16.3 Å². The number of methoxy groups -OCH3 is 1. The lowest BCUT2D eigenvalue weighted by Gasteiger charge is -2.33. The lowest BCUT2D eigenvalue weighted by atomic mass is 9.97. The summed E-state index contributed by atoms with van der Waals surface area (Å²) in [6.07, 6.45) is 0. The average molecular weight is 343 g/mol. The summed E-state index contributed by atoms with van der Waals surface area (Å²) in [6.45, 7) is 6.69. The van der Waals surface area contributed by atoms with Crippen LogP contribution in [0.1, 0.15) is 18.5 Å². The van der Waals surface area contributed by atoms with Gasteiger partial charge in [-0.25, -0.2) is 0 Å². The highest BCUT2D eigenvalue weighted by Gasteiger charge is 2.20. The molecule has 22 heavy (non-hydrogen) atoms. The average Bonchev–Trinajstić information content (AvgIpc) is 2.54. The Kier molecular flexibility index (Phi) is 7.43. The van der Waals surface area contributed by atoms with E-state index in [-0.39, 0.29) is 24.8 Å². The number of piperazine rings is 1. The molecule has 0 unspecified atom stereocenters. The molecule has 3 nitrogen and oxygen atoms in total. The molecule has 1 aliphatic heterocycles. The highest BCUT2D eigenvalue weighted by molar-refractivity contribution is 5.91. The van der Waals surface area contributed by atoms with Gasteiger partial charge in [-0.2, -0.15) is 0 Å². The molecule has 1 N–H and O–H groups in total. The van der Waals surface area contributed by atoms with Crippen LogP contribution < -0.4 is 10.1 Å². The van der Waals surface area contributed by atoms with E-state index < -0.39 is 0 Å². The summed E-state index contributed by atoms with van der Waals surface area (Å²) in [7, 11) is 1.74. The Morgan fingerprint density at radius 2 is 1.64 bits per heavy atom. The standard InChI is InChI=1S/C17H22N2O.2ClH/c1-13(19-11-9-18-10-12-19)14-7-8-17(20-2)16-6-4-3-5-15(14)16;;/h3-8,13,18H,9-12H2,1-2H3;2*1H/t13-;;/m1../s1. The molecule has 0 spiro atoms. The molecule has 0 radical (unpaired) electrons. The van der Waals surface area contributed by atoms with Gasteiger partial charge in [0.05, 0.1) is 7.11 Å². The molecule has 5 heteroatoms. The van der Waals surface area contributed by atoms with E-state index in [2.05, 4.69) is 53.5 Å². The third-order valence-electron chi connectivity index (χ3n) is 4.29. The molecule has 0 amide bonds. The molecule has 1 atom stereocenters. The Morgan fingerprint density at radius 1 is 1.00 bits per heavy atom. The largest absolute Gasteiger partial charge is 0.496 e. The zero-order valence-electron chi connectivity index (χ0n) is 13.0. The predicted molar refractivity (Wildman–Crippen MR) is 97.9 cm³/mol. The molecule has 122 valence electrons. The number of hydrogen-bond acceptors (Lipinski definition) is 3. The van der Waals surface area contributed by atoms with Crippen molar-refractivity contribution in [1.82, 2.24) is 10.2 Å². The third kappa shape index (κ3) is 3.66. The first-order valence-corrected chi connectivity index (χ1v) is 7.31. The number of nitrogens with one attached hydrogen (secondary N) is 1. The van der Waals surface area contributed by atoms with E-state index in [1.54, 1.807) is 7.11 Å². The molecule has 1 fully saturated rings. The molecule has 2 aromatic carbocycles. The normalized spacial score (nSPS) is 16.5. The van der Waals surface area contributed by atoms with Crippen molar-refractivity contribution < 1.29 is 4.74 Å². The molecule has 2 aromatic rings. The van der Waals surface area contributed by atoms with Crippen molar-refractivity contribution in [3.63, 3.8) is 0 Å². The second-order valence-corrected chi connectivity index (χ2v) is 5.36. The quantitative estimate of drug-likeness (QED) is 0.921. The summed E-state index contributed by atoms with van der Waals surface area (Å²) in [5, 5.41) is 5.92. The number of benzene rings is 2. The van der Waals surface area contributed by atoms with E-state index in [1.807, 2.05) is 0 Å². The van der Waals surface area contributed by atoms with Crippen molar-refractivity contribution in [3.8, 4) is 5.75 Å². The number of ether oxygens (including phenoxy) is 1. The molecule has 0 saturated carbocycles.